The summed E-state index contributed by atoms with van der Waals surface area (Å²) in [5.74, 6) is 0. The highest BCUT2D eigenvalue weighted by atomic mass is 14.6. The van der Waals surface area contributed by atoms with Gasteiger partial charge in [0.2, 0.25) is 0 Å². The molecule has 0 radical (unpaired) electrons. The predicted octanol–water partition coefficient (Wildman–Crippen LogP) is 7.30. The van der Waals surface area contributed by atoms with Gasteiger partial charge in [-0.05, 0) is 70.0 Å². The molecule has 3 heteroatoms. The fourth-order valence-electron chi connectivity index (χ4n) is 5.63. The molecule has 0 aliphatic heterocycles. The normalized spacial score (nSPS) is 14.6. The Morgan fingerprint density at radius 1 is 0.795 bits per heavy atom. The van der Waals surface area contributed by atoms with E-state index in [4.69, 9.17) is 16.7 Å². The Kier molecular flexibility index (Phi) is 7.30. The third-order valence-electron chi connectivity index (χ3n) is 7.37. The lowest BCUT2D eigenvalue weighted by molar-refractivity contribution is 0.768. The molecule has 0 spiro atoms. The number of nitriles is 1. The molecule has 0 heterocycles. The maximum Gasteiger partial charge on any atom is 0.117 e. The molecule has 0 bridgehead atoms. The molecule has 4 aromatic carbocycles. The van der Waals surface area contributed by atoms with E-state index >= 15 is 0 Å². The van der Waals surface area contributed by atoms with Crippen molar-refractivity contribution in [3.05, 3.63) is 178 Å². The van der Waals surface area contributed by atoms with Crippen LogP contribution in [0.3, 0.4) is 0 Å². The van der Waals surface area contributed by atoms with Gasteiger partial charge in [-0.25, -0.2) is 0 Å². The smallest absolute Gasteiger partial charge is 0.117 e. The zero-order chi connectivity index (χ0) is 27.2. The Bertz CT molecular complexity index is 1610. The van der Waals surface area contributed by atoms with Crippen LogP contribution in [0.15, 0.2) is 150 Å². The van der Waals surface area contributed by atoms with E-state index < -0.39 is 0 Å². The van der Waals surface area contributed by atoms with E-state index in [0.717, 1.165) is 12.0 Å². The lowest BCUT2D eigenvalue weighted by Crippen LogP contribution is -2.28. The van der Waals surface area contributed by atoms with E-state index in [9.17, 15) is 0 Å². The van der Waals surface area contributed by atoms with Crippen LogP contribution in [-0.2, 0) is 11.8 Å². The average molecular weight is 506 g/mol. The minimum Gasteiger partial charge on any atom is -0.398 e. The second-order valence-electron chi connectivity index (χ2n) is 9.62. The van der Waals surface area contributed by atoms with Crippen LogP contribution >= 0.6 is 0 Å². The van der Waals surface area contributed by atoms with E-state index in [0.29, 0.717) is 5.70 Å². The van der Waals surface area contributed by atoms with Crippen molar-refractivity contribution in [3.8, 4) is 17.2 Å². The highest BCUT2D eigenvalue weighted by Crippen LogP contribution is 2.56. The number of nitrogens with zero attached hydrogens (tertiary/aromatic N) is 1. The number of nitrogens with two attached hydrogens (primary N) is 2. The molecule has 1 aliphatic rings. The second kappa shape index (κ2) is 11.1. The molecule has 0 amide bonds. The van der Waals surface area contributed by atoms with E-state index in [1.54, 1.807) is 6.08 Å². The summed E-state index contributed by atoms with van der Waals surface area (Å²) in [5, 5.41) is 8.95. The monoisotopic (exact) mass is 505 g/mol. The van der Waals surface area contributed by atoms with Gasteiger partial charge in [0.05, 0.1) is 5.41 Å². The molecule has 39 heavy (non-hydrogen) atoms. The summed E-state index contributed by atoms with van der Waals surface area (Å²) in [4.78, 5) is 0. The lowest BCUT2D eigenvalue weighted by Gasteiger charge is -2.33. The fourth-order valence-corrected chi connectivity index (χ4v) is 5.63. The van der Waals surface area contributed by atoms with Crippen molar-refractivity contribution in [2.75, 3.05) is 0 Å². The molecular weight excluding hydrogens is 474 g/mol. The van der Waals surface area contributed by atoms with Crippen LogP contribution in [0.2, 0.25) is 0 Å². The van der Waals surface area contributed by atoms with Crippen molar-refractivity contribution in [1.29, 1.82) is 5.26 Å². The molecule has 0 saturated heterocycles. The molecule has 4 N–H and O–H groups in total. The van der Waals surface area contributed by atoms with Crippen LogP contribution < -0.4 is 11.5 Å². The SMILES string of the molecule is C/C=C(\C=C(/N)C#N)C(/N)=C/C=C\Cc1ccc2c(c1)-c1ccccc1C2(c1ccccc1)c1ccccc1. The molecule has 0 fully saturated rings. The van der Waals surface area contributed by atoms with Gasteiger partial charge < -0.3 is 11.5 Å². The third kappa shape index (κ3) is 4.69. The van der Waals surface area contributed by atoms with Crippen molar-refractivity contribution < 1.29 is 0 Å². The second-order valence-corrected chi connectivity index (χ2v) is 9.62. The zero-order valence-electron chi connectivity index (χ0n) is 22.0. The highest BCUT2D eigenvalue weighted by Gasteiger charge is 2.45. The molecule has 4 aromatic rings. The van der Waals surface area contributed by atoms with Crippen molar-refractivity contribution in [3.63, 3.8) is 0 Å². The summed E-state index contributed by atoms with van der Waals surface area (Å²) in [5.41, 5.74) is 21.8. The van der Waals surface area contributed by atoms with E-state index in [1.807, 2.05) is 31.2 Å². The number of rotatable bonds is 7. The first kappa shape index (κ1) is 25.6. The highest BCUT2D eigenvalue weighted by molar-refractivity contribution is 5.86. The Hall–Kier alpha value is -5.07. The number of fused-ring (bicyclic) bond motifs is 3. The van der Waals surface area contributed by atoms with Crippen molar-refractivity contribution >= 4 is 0 Å². The minimum absolute atomic E-state index is 0.129. The largest absolute Gasteiger partial charge is 0.398 e. The summed E-state index contributed by atoms with van der Waals surface area (Å²) in [7, 11) is 0. The maximum atomic E-state index is 8.95. The van der Waals surface area contributed by atoms with Gasteiger partial charge in [0.1, 0.15) is 11.8 Å². The lowest BCUT2D eigenvalue weighted by atomic mass is 9.67. The van der Waals surface area contributed by atoms with Gasteiger partial charge in [-0.1, -0.05) is 121 Å². The molecule has 0 aromatic heterocycles. The summed E-state index contributed by atoms with van der Waals surface area (Å²) < 4.78 is 0. The van der Waals surface area contributed by atoms with Crippen LogP contribution in [0.5, 0.6) is 0 Å². The Labute approximate surface area is 230 Å². The van der Waals surface area contributed by atoms with Crippen molar-refractivity contribution in [1.82, 2.24) is 0 Å². The average Bonchev–Trinajstić information content (AvgIpc) is 3.29. The van der Waals surface area contributed by atoms with Crippen LogP contribution in [0.25, 0.3) is 11.1 Å². The van der Waals surface area contributed by atoms with Gasteiger partial charge in [-0.3, -0.25) is 0 Å². The van der Waals surface area contributed by atoms with Crippen molar-refractivity contribution in [2.45, 2.75) is 18.8 Å². The fraction of sp³-hybridized carbons (Fsp3) is 0.0833. The van der Waals surface area contributed by atoms with Gasteiger partial charge in [0, 0.05) is 5.70 Å². The van der Waals surface area contributed by atoms with Crippen LogP contribution in [0.4, 0.5) is 0 Å². The van der Waals surface area contributed by atoms with Gasteiger partial charge in [-0.2, -0.15) is 5.26 Å². The van der Waals surface area contributed by atoms with Gasteiger partial charge in [0.15, 0.2) is 0 Å². The number of allylic oxidation sites excluding steroid dienone is 6. The summed E-state index contributed by atoms with van der Waals surface area (Å²) in [6.07, 6.45) is 10.1. The molecule has 1 aliphatic carbocycles. The zero-order valence-corrected chi connectivity index (χ0v) is 22.0. The molecule has 0 saturated carbocycles. The van der Waals surface area contributed by atoms with Crippen molar-refractivity contribution in [2.24, 2.45) is 11.5 Å². The molecule has 5 rings (SSSR count). The summed E-state index contributed by atoms with van der Waals surface area (Å²) in [6, 6.07) is 39.2. The summed E-state index contributed by atoms with van der Waals surface area (Å²) >= 11 is 0. The topological polar surface area (TPSA) is 75.8 Å². The van der Waals surface area contributed by atoms with Crippen LogP contribution in [0.1, 0.15) is 34.7 Å². The minimum atomic E-state index is -0.373. The molecule has 190 valence electrons. The van der Waals surface area contributed by atoms with Crippen LogP contribution in [0, 0.1) is 11.3 Å². The first-order valence-corrected chi connectivity index (χ1v) is 13.1. The number of hydrogen-bond donors (Lipinski definition) is 2. The summed E-state index contributed by atoms with van der Waals surface area (Å²) in [6.45, 7) is 1.87. The third-order valence-corrected chi connectivity index (χ3v) is 7.37. The Balaban J connectivity index is 1.54. The van der Waals surface area contributed by atoms with E-state index in [-0.39, 0.29) is 11.1 Å². The molecule has 0 unspecified atom stereocenters. The molecule has 3 nitrogen and oxygen atoms in total. The Morgan fingerprint density at radius 3 is 2.05 bits per heavy atom. The Morgan fingerprint density at radius 2 is 1.41 bits per heavy atom. The first-order chi connectivity index (χ1) is 19.1. The van der Waals surface area contributed by atoms with Gasteiger partial charge in [-0.15, -0.1) is 0 Å². The number of hydrogen-bond acceptors (Lipinski definition) is 3. The first-order valence-electron chi connectivity index (χ1n) is 13.1. The van der Waals surface area contributed by atoms with Crippen LogP contribution in [-0.4, -0.2) is 0 Å². The number of benzene rings is 4. The predicted molar refractivity (Wildman–Crippen MR) is 161 cm³/mol. The molecular formula is C36H31N3. The quantitative estimate of drug-likeness (QED) is 0.180. The molecule has 0 atom stereocenters. The van der Waals surface area contributed by atoms with E-state index in [2.05, 4.69) is 109 Å². The maximum absolute atomic E-state index is 8.95. The van der Waals surface area contributed by atoms with Gasteiger partial charge >= 0.3 is 0 Å². The van der Waals surface area contributed by atoms with Gasteiger partial charge in [0.25, 0.3) is 0 Å². The standard InChI is InChI=1S/C36H31N3/c1-2-27(24-30(38)25-37)35(39)20-12-9-13-26-21-22-34-32(23-26)31-18-10-11-19-33(31)36(34,28-14-5-3-6-15-28)29-16-7-4-8-17-29/h2-12,14-24H,13,38-39H2,1H3/b12-9-,27-2+,30-24-,35-20-. The van der Waals surface area contributed by atoms with E-state index in [1.165, 1.54) is 38.9 Å².